The molecule has 76 valence electrons. The molecule has 0 aliphatic heterocycles. The second-order valence-corrected chi connectivity index (χ2v) is 3.24. The Morgan fingerprint density at radius 1 is 1.57 bits per heavy atom. The average molecular weight is 214 g/mol. The molecular weight excluding hydrogens is 202 g/mol. The molecule has 0 N–H and O–H groups in total. The minimum atomic E-state index is -0.278. The van der Waals surface area contributed by atoms with Crippen LogP contribution in [0, 0.1) is 6.92 Å². The molecule has 0 aliphatic rings. The number of ether oxygens (including phenoxy) is 1. The van der Waals surface area contributed by atoms with Crippen LogP contribution in [0.25, 0.3) is 0 Å². The summed E-state index contributed by atoms with van der Waals surface area (Å²) in [5.74, 6) is -0.278. The van der Waals surface area contributed by atoms with Gasteiger partial charge in [0.15, 0.2) is 0 Å². The molecule has 0 saturated carbocycles. The van der Waals surface area contributed by atoms with Crippen molar-refractivity contribution in [3.05, 3.63) is 28.5 Å². The van der Waals surface area contributed by atoms with Gasteiger partial charge in [0.1, 0.15) is 5.15 Å². The monoisotopic (exact) mass is 213 g/mol. The third kappa shape index (κ3) is 3.00. The lowest BCUT2D eigenvalue weighted by atomic mass is 10.2. The fraction of sp³-hybridized carbons (Fsp3) is 0.400. The number of pyridine rings is 1. The molecule has 14 heavy (non-hydrogen) atoms. The molecule has 4 heteroatoms. The quantitative estimate of drug-likeness (QED) is 0.571. The van der Waals surface area contributed by atoms with Gasteiger partial charge in [-0.05, 0) is 19.9 Å². The number of rotatable bonds is 3. The van der Waals surface area contributed by atoms with Gasteiger partial charge in [-0.1, -0.05) is 17.7 Å². The van der Waals surface area contributed by atoms with Crippen molar-refractivity contribution in [2.45, 2.75) is 20.3 Å². The van der Waals surface area contributed by atoms with Crippen LogP contribution in [0.5, 0.6) is 0 Å². The zero-order valence-corrected chi connectivity index (χ0v) is 8.97. The van der Waals surface area contributed by atoms with Crippen molar-refractivity contribution in [2.75, 3.05) is 6.61 Å². The van der Waals surface area contributed by atoms with Crippen molar-refractivity contribution in [1.29, 1.82) is 0 Å². The van der Waals surface area contributed by atoms with Gasteiger partial charge in [0.2, 0.25) is 0 Å². The molecule has 3 nitrogen and oxygen atoms in total. The number of nitrogens with zero attached hydrogens (tertiary/aromatic N) is 1. The summed E-state index contributed by atoms with van der Waals surface area (Å²) in [6, 6.07) is 3.61. The molecule has 0 spiro atoms. The molecule has 0 radical (unpaired) electrons. The second kappa shape index (κ2) is 4.96. The fourth-order valence-electron chi connectivity index (χ4n) is 1.05. The highest BCUT2D eigenvalue weighted by Crippen LogP contribution is 2.14. The first-order valence-corrected chi connectivity index (χ1v) is 4.79. The lowest BCUT2D eigenvalue weighted by Gasteiger charge is -2.03. The van der Waals surface area contributed by atoms with Crippen molar-refractivity contribution < 1.29 is 9.53 Å². The standard InChI is InChI=1S/C10H12ClNO2/c1-3-14-9(13)6-8-5-4-7(2)12-10(8)11/h4-5H,3,6H2,1-2H3. The van der Waals surface area contributed by atoms with E-state index >= 15 is 0 Å². The predicted molar refractivity (Wildman–Crippen MR) is 54.3 cm³/mol. The van der Waals surface area contributed by atoms with Crippen LogP contribution < -0.4 is 0 Å². The largest absolute Gasteiger partial charge is 0.466 e. The Morgan fingerprint density at radius 3 is 2.86 bits per heavy atom. The maximum Gasteiger partial charge on any atom is 0.310 e. The number of hydrogen-bond donors (Lipinski definition) is 0. The van der Waals surface area contributed by atoms with Gasteiger partial charge in [0.25, 0.3) is 0 Å². The van der Waals surface area contributed by atoms with E-state index in [1.54, 1.807) is 13.0 Å². The highest BCUT2D eigenvalue weighted by molar-refractivity contribution is 6.30. The van der Waals surface area contributed by atoms with Gasteiger partial charge < -0.3 is 4.74 Å². The number of carbonyl (C=O) groups excluding carboxylic acids is 1. The fourth-order valence-corrected chi connectivity index (χ4v) is 1.32. The minimum absolute atomic E-state index is 0.181. The summed E-state index contributed by atoms with van der Waals surface area (Å²) in [7, 11) is 0. The summed E-state index contributed by atoms with van der Waals surface area (Å²) in [5, 5.41) is 0.373. The lowest BCUT2D eigenvalue weighted by molar-refractivity contribution is -0.142. The van der Waals surface area contributed by atoms with Crippen LogP contribution >= 0.6 is 11.6 Å². The molecule has 0 unspecified atom stereocenters. The van der Waals surface area contributed by atoms with E-state index in [2.05, 4.69) is 4.98 Å². The number of carbonyl (C=O) groups is 1. The lowest BCUT2D eigenvalue weighted by Crippen LogP contribution is -2.08. The minimum Gasteiger partial charge on any atom is -0.466 e. The molecule has 1 heterocycles. The highest BCUT2D eigenvalue weighted by Gasteiger charge is 2.08. The second-order valence-electron chi connectivity index (χ2n) is 2.88. The molecule has 0 amide bonds. The molecular formula is C10H12ClNO2. The first-order valence-electron chi connectivity index (χ1n) is 4.41. The van der Waals surface area contributed by atoms with Gasteiger partial charge >= 0.3 is 5.97 Å². The summed E-state index contributed by atoms with van der Waals surface area (Å²) in [6.45, 7) is 4.00. The topological polar surface area (TPSA) is 39.2 Å². The Balaban J connectivity index is 2.72. The third-order valence-corrected chi connectivity index (χ3v) is 2.03. The van der Waals surface area contributed by atoms with Gasteiger partial charge in [-0.3, -0.25) is 4.79 Å². The molecule has 0 aliphatic carbocycles. The van der Waals surface area contributed by atoms with E-state index in [1.807, 2.05) is 13.0 Å². The van der Waals surface area contributed by atoms with Crippen LogP contribution in [0.2, 0.25) is 5.15 Å². The maximum absolute atomic E-state index is 11.1. The molecule has 0 aromatic carbocycles. The predicted octanol–water partition coefficient (Wildman–Crippen LogP) is 2.15. The van der Waals surface area contributed by atoms with Gasteiger partial charge in [0.05, 0.1) is 13.0 Å². The van der Waals surface area contributed by atoms with E-state index in [0.29, 0.717) is 17.3 Å². The van der Waals surface area contributed by atoms with Gasteiger partial charge in [-0.2, -0.15) is 0 Å². The number of halogens is 1. The molecule has 0 bridgehead atoms. The molecule has 1 aromatic heterocycles. The van der Waals surface area contributed by atoms with E-state index in [-0.39, 0.29) is 12.4 Å². The normalized spacial score (nSPS) is 9.93. The van der Waals surface area contributed by atoms with Gasteiger partial charge in [-0.25, -0.2) is 4.98 Å². The summed E-state index contributed by atoms with van der Waals surface area (Å²) in [4.78, 5) is 15.2. The first-order chi connectivity index (χ1) is 6.63. The zero-order valence-electron chi connectivity index (χ0n) is 8.21. The summed E-state index contributed by atoms with van der Waals surface area (Å²) in [5.41, 5.74) is 1.54. The zero-order chi connectivity index (χ0) is 10.6. The van der Waals surface area contributed by atoms with E-state index in [1.165, 1.54) is 0 Å². The van der Waals surface area contributed by atoms with E-state index < -0.39 is 0 Å². The van der Waals surface area contributed by atoms with Crippen LogP contribution in [-0.4, -0.2) is 17.6 Å². The molecule has 1 rings (SSSR count). The van der Waals surface area contributed by atoms with Crippen molar-refractivity contribution in [3.63, 3.8) is 0 Å². The average Bonchev–Trinajstić information content (AvgIpc) is 2.10. The maximum atomic E-state index is 11.1. The number of aromatic nitrogens is 1. The van der Waals surface area contributed by atoms with Crippen molar-refractivity contribution in [3.8, 4) is 0 Å². The smallest absolute Gasteiger partial charge is 0.310 e. The van der Waals surface area contributed by atoms with E-state index in [9.17, 15) is 4.79 Å². The Kier molecular flexibility index (Phi) is 3.89. The third-order valence-electron chi connectivity index (χ3n) is 1.71. The van der Waals surface area contributed by atoms with E-state index in [0.717, 1.165) is 5.69 Å². The van der Waals surface area contributed by atoms with Crippen LogP contribution in [0.3, 0.4) is 0 Å². The van der Waals surface area contributed by atoms with Crippen molar-refractivity contribution >= 4 is 17.6 Å². The van der Waals surface area contributed by atoms with Crippen LogP contribution in [0.15, 0.2) is 12.1 Å². The first kappa shape index (κ1) is 11.0. The number of esters is 1. The van der Waals surface area contributed by atoms with Crippen LogP contribution in [0.4, 0.5) is 0 Å². The molecule has 0 atom stereocenters. The summed E-state index contributed by atoms with van der Waals surface area (Å²) >= 11 is 5.85. The van der Waals surface area contributed by atoms with Crippen LogP contribution in [0.1, 0.15) is 18.2 Å². The number of hydrogen-bond acceptors (Lipinski definition) is 3. The molecule has 0 fully saturated rings. The molecule has 1 aromatic rings. The Morgan fingerprint density at radius 2 is 2.29 bits per heavy atom. The SMILES string of the molecule is CCOC(=O)Cc1ccc(C)nc1Cl. The Labute approximate surface area is 88.1 Å². The highest BCUT2D eigenvalue weighted by atomic mass is 35.5. The van der Waals surface area contributed by atoms with Crippen LogP contribution in [-0.2, 0) is 16.0 Å². The van der Waals surface area contributed by atoms with E-state index in [4.69, 9.17) is 16.3 Å². The Bertz CT molecular complexity index is 339. The Hall–Kier alpha value is -1.09. The summed E-state index contributed by atoms with van der Waals surface area (Å²) < 4.78 is 4.81. The van der Waals surface area contributed by atoms with Crippen molar-refractivity contribution in [1.82, 2.24) is 4.98 Å². The molecule has 0 saturated heterocycles. The van der Waals surface area contributed by atoms with Crippen molar-refractivity contribution in [2.24, 2.45) is 0 Å². The number of aryl methyl sites for hydroxylation is 1. The van der Waals surface area contributed by atoms with Gasteiger partial charge in [0, 0.05) is 11.3 Å². The van der Waals surface area contributed by atoms with Gasteiger partial charge in [-0.15, -0.1) is 0 Å². The summed E-state index contributed by atoms with van der Waals surface area (Å²) in [6.07, 6.45) is 0.181.